The van der Waals surface area contributed by atoms with Gasteiger partial charge in [-0.25, -0.2) is 4.99 Å². The highest BCUT2D eigenvalue weighted by atomic mass is 35.5. The first-order valence-electron chi connectivity index (χ1n) is 11.2. The molecule has 1 amide bonds. The lowest BCUT2D eigenvalue weighted by Gasteiger charge is -2.25. The van der Waals surface area contributed by atoms with Crippen molar-refractivity contribution in [1.29, 1.82) is 0 Å². The maximum Gasteiger partial charge on any atom is 0.271 e. The number of methoxy groups -OCH3 is 1. The first-order valence-corrected chi connectivity index (χ1v) is 12.4. The van der Waals surface area contributed by atoms with E-state index in [9.17, 15) is 9.59 Å². The van der Waals surface area contributed by atoms with E-state index in [0.717, 1.165) is 11.1 Å². The maximum absolute atomic E-state index is 13.7. The van der Waals surface area contributed by atoms with E-state index in [-0.39, 0.29) is 11.5 Å². The smallest absolute Gasteiger partial charge is 0.271 e. The molecule has 1 aromatic heterocycles. The van der Waals surface area contributed by atoms with Crippen LogP contribution in [0.5, 0.6) is 5.75 Å². The normalized spacial score (nSPS) is 15.3. The topological polar surface area (TPSA) is 72.7 Å². The predicted octanol–water partition coefficient (Wildman–Crippen LogP) is 4.54. The number of para-hydroxylation sites is 1. The van der Waals surface area contributed by atoms with E-state index in [0.29, 0.717) is 37.1 Å². The number of anilines is 1. The highest BCUT2D eigenvalue weighted by Crippen LogP contribution is 2.31. The molecule has 8 heteroatoms. The van der Waals surface area contributed by atoms with Crippen LogP contribution in [0.2, 0.25) is 5.02 Å². The Bertz CT molecular complexity index is 1650. The molecule has 4 aromatic rings. The van der Waals surface area contributed by atoms with Crippen LogP contribution in [-0.4, -0.2) is 17.6 Å². The second kappa shape index (κ2) is 9.97. The molecule has 3 aromatic carbocycles. The van der Waals surface area contributed by atoms with E-state index in [1.807, 2.05) is 72.8 Å². The zero-order valence-electron chi connectivity index (χ0n) is 19.6. The number of rotatable bonds is 5. The lowest BCUT2D eigenvalue weighted by Crippen LogP contribution is -2.40. The predicted molar refractivity (Wildman–Crippen MR) is 143 cm³/mol. The van der Waals surface area contributed by atoms with Crippen molar-refractivity contribution in [3.05, 3.63) is 126 Å². The number of ether oxygens (including phenoxy) is 1. The van der Waals surface area contributed by atoms with Gasteiger partial charge in [0.2, 0.25) is 0 Å². The lowest BCUT2D eigenvalue weighted by molar-refractivity contribution is -0.113. The van der Waals surface area contributed by atoms with Crippen molar-refractivity contribution >= 4 is 40.6 Å². The van der Waals surface area contributed by atoms with Crippen LogP contribution < -0.4 is 24.9 Å². The molecule has 0 aliphatic carbocycles. The van der Waals surface area contributed by atoms with Gasteiger partial charge in [0.15, 0.2) is 4.80 Å². The largest absolute Gasteiger partial charge is 0.497 e. The van der Waals surface area contributed by atoms with Gasteiger partial charge in [-0.15, -0.1) is 0 Å². The molecule has 2 heterocycles. The van der Waals surface area contributed by atoms with Crippen molar-refractivity contribution in [1.82, 2.24) is 4.57 Å². The minimum absolute atomic E-state index is 0.239. The van der Waals surface area contributed by atoms with Crippen molar-refractivity contribution in [3.8, 4) is 5.75 Å². The van der Waals surface area contributed by atoms with E-state index < -0.39 is 6.04 Å². The number of allylic oxidation sites excluding steroid dienone is 1. The Morgan fingerprint density at radius 2 is 1.75 bits per heavy atom. The maximum atomic E-state index is 13.7. The molecular formula is C28H22ClN3O3S. The Hall–Kier alpha value is -3.94. The number of nitrogens with one attached hydrogen (secondary N) is 1. The molecule has 1 aliphatic rings. The molecule has 6 nitrogen and oxygen atoms in total. The number of hydrogen-bond donors (Lipinski definition) is 1. The van der Waals surface area contributed by atoms with Gasteiger partial charge in [0.25, 0.3) is 11.5 Å². The average Bonchev–Trinajstić information content (AvgIpc) is 3.19. The number of carbonyl (C=O) groups excluding carboxylic acids is 1. The van der Waals surface area contributed by atoms with Crippen molar-refractivity contribution < 1.29 is 9.53 Å². The number of carbonyl (C=O) groups is 1. The molecule has 1 atom stereocenters. The number of fused-ring (bicyclic) bond motifs is 1. The molecule has 0 spiro atoms. The Labute approximate surface area is 216 Å². The third-order valence-electron chi connectivity index (χ3n) is 5.92. The highest BCUT2D eigenvalue weighted by molar-refractivity contribution is 7.07. The summed E-state index contributed by atoms with van der Waals surface area (Å²) in [5.74, 6) is 0.365. The minimum Gasteiger partial charge on any atom is -0.497 e. The first-order chi connectivity index (χ1) is 17.5. The molecule has 1 aliphatic heterocycles. The molecule has 0 radical (unpaired) electrons. The van der Waals surface area contributed by atoms with Crippen molar-refractivity contribution in [2.24, 2.45) is 4.99 Å². The zero-order chi connectivity index (χ0) is 25.2. The lowest BCUT2D eigenvalue weighted by atomic mass is 9.95. The van der Waals surface area contributed by atoms with Gasteiger partial charge in [-0.1, -0.05) is 71.5 Å². The van der Waals surface area contributed by atoms with Crippen molar-refractivity contribution in [2.45, 2.75) is 13.0 Å². The third-order valence-corrected chi connectivity index (χ3v) is 7.25. The van der Waals surface area contributed by atoms with Crippen LogP contribution in [-0.2, 0) is 4.79 Å². The summed E-state index contributed by atoms with van der Waals surface area (Å²) in [7, 11) is 1.59. The van der Waals surface area contributed by atoms with Gasteiger partial charge in [0.1, 0.15) is 5.75 Å². The van der Waals surface area contributed by atoms with Crippen LogP contribution in [0.1, 0.15) is 24.1 Å². The summed E-state index contributed by atoms with van der Waals surface area (Å²) in [6, 6.07) is 23.2. The minimum atomic E-state index is -0.663. The monoisotopic (exact) mass is 515 g/mol. The molecule has 0 unspecified atom stereocenters. The summed E-state index contributed by atoms with van der Waals surface area (Å²) in [4.78, 5) is 32.5. The molecule has 180 valence electrons. The summed E-state index contributed by atoms with van der Waals surface area (Å²) in [6.07, 6.45) is 1.76. The average molecular weight is 516 g/mol. The van der Waals surface area contributed by atoms with Crippen LogP contribution in [0.4, 0.5) is 5.69 Å². The van der Waals surface area contributed by atoms with Crippen LogP contribution in [0.25, 0.3) is 6.08 Å². The third kappa shape index (κ3) is 4.51. The summed E-state index contributed by atoms with van der Waals surface area (Å²) < 4.78 is 7.38. The summed E-state index contributed by atoms with van der Waals surface area (Å²) in [5.41, 5.74) is 2.89. The number of nitrogens with zero attached hydrogens (tertiary/aromatic N) is 2. The first kappa shape index (κ1) is 23.8. The van der Waals surface area contributed by atoms with E-state index >= 15 is 0 Å². The fraction of sp³-hybridized carbons (Fsp3) is 0.107. The zero-order valence-corrected chi connectivity index (χ0v) is 21.1. The van der Waals surface area contributed by atoms with Gasteiger partial charge < -0.3 is 10.1 Å². The molecule has 5 rings (SSSR count). The Kier molecular flexibility index (Phi) is 6.59. The standard InChI is InChI=1S/C28H22ClN3O3S/c1-17-24(26(33)31-20-9-4-3-5-10-20)25(18-12-14-21(35-2)15-13-18)32-27(34)23(36-28(32)30-17)16-19-8-6-7-11-22(19)29/h3-16,25H,1-2H3,(H,31,33)/b23-16-/t25-/m1/s1. The van der Waals surface area contributed by atoms with Crippen LogP contribution in [0, 0.1) is 0 Å². The molecule has 0 bridgehead atoms. The van der Waals surface area contributed by atoms with Crippen LogP contribution in [0.15, 0.2) is 99.9 Å². The number of benzene rings is 3. The quantitative estimate of drug-likeness (QED) is 0.424. The van der Waals surface area contributed by atoms with Crippen LogP contribution in [0.3, 0.4) is 0 Å². The van der Waals surface area contributed by atoms with E-state index in [1.165, 1.54) is 11.3 Å². The second-order valence-electron chi connectivity index (χ2n) is 8.20. The second-order valence-corrected chi connectivity index (χ2v) is 9.61. The Balaban J connectivity index is 1.68. The fourth-order valence-corrected chi connectivity index (χ4v) is 5.39. The number of halogens is 1. The molecule has 0 saturated heterocycles. The fourth-order valence-electron chi connectivity index (χ4n) is 4.17. The Morgan fingerprint density at radius 1 is 1.06 bits per heavy atom. The van der Waals surface area contributed by atoms with Crippen molar-refractivity contribution in [3.63, 3.8) is 0 Å². The summed E-state index contributed by atoms with van der Waals surface area (Å²) >= 11 is 7.61. The van der Waals surface area contributed by atoms with Gasteiger partial charge in [-0.3, -0.25) is 14.2 Å². The van der Waals surface area contributed by atoms with Crippen molar-refractivity contribution in [2.75, 3.05) is 12.4 Å². The molecule has 36 heavy (non-hydrogen) atoms. The number of hydrogen-bond acceptors (Lipinski definition) is 5. The summed E-state index contributed by atoms with van der Waals surface area (Å²) in [6.45, 7) is 1.79. The number of aromatic nitrogens is 1. The van der Waals surface area contributed by atoms with Gasteiger partial charge in [0.05, 0.1) is 29.0 Å². The number of thiazole rings is 1. The van der Waals surface area contributed by atoms with E-state index in [1.54, 1.807) is 30.7 Å². The van der Waals surface area contributed by atoms with Gasteiger partial charge in [-0.2, -0.15) is 0 Å². The van der Waals surface area contributed by atoms with E-state index in [2.05, 4.69) is 10.3 Å². The SMILES string of the molecule is COc1ccc([C@@H]2C(C(=O)Nc3ccccc3)=C(C)N=c3s/c(=C\c4ccccc4Cl)c(=O)n32)cc1. The highest BCUT2D eigenvalue weighted by Gasteiger charge is 2.32. The van der Waals surface area contributed by atoms with Crippen LogP contribution >= 0.6 is 22.9 Å². The summed E-state index contributed by atoms with van der Waals surface area (Å²) in [5, 5.41) is 3.50. The van der Waals surface area contributed by atoms with Gasteiger partial charge in [-0.05, 0) is 54.5 Å². The molecule has 0 fully saturated rings. The van der Waals surface area contributed by atoms with Gasteiger partial charge >= 0.3 is 0 Å². The van der Waals surface area contributed by atoms with E-state index in [4.69, 9.17) is 16.3 Å². The Morgan fingerprint density at radius 3 is 2.44 bits per heavy atom. The molecular weight excluding hydrogens is 494 g/mol. The molecule has 0 saturated carbocycles. The van der Waals surface area contributed by atoms with Gasteiger partial charge in [0, 0.05) is 10.7 Å². The number of amides is 1. The molecule has 1 N–H and O–H groups in total.